The Balaban J connectivity index is 1.26. The van der Waals surface area contributed by atoms with Gasteiger partial charge in [0.2, 0.25) is 11.8 Å². The summed E-state index contributed by atoms with van der Waals surface area (Å²) in [6, 6.07) is 3.86. The van der Waals surface area contributed by atoms with E-state index in [9.17, 15) is 4.79 Å². The second-order valence-corrected chi connectivity index (χ2v) is 7.78. The van der Waals surface area contributed by atoms with E-state index in [0.29, 0.717) is 13.0 Å². The van der Waals surface area contributed by atoms with Crippen LogP contribution in [0.4, 0.5) is 0 Å². The summed E-state index contributed by atoms with van der Waals surface area (Å²) in [7, 11) is 0. The predicted octanol–water partition coefficient (Wildman–Crippen LogP) is 2.31. The lowest BCUT2D eigenvalue weighted by Gasteiger charge is -2.37. The summed E-state index contributed by atoms with van der Waals surface area (Å²) < 4.78 is 11.7. The zero-order chi connectivity index (χ0) is 20.8. The number of rotatable bonds is 7. The third-order valence-corrected chi connectivity index (χ3v) is 5.67. The van der Waals surface area contributed by atoms with Gasteiger partial charge < -0.3 is 20.1 Å². The average Bonchev–Trinajstić information content (AvgIpc) is 2.80. The molecule has 2 aliphatic heterocycles. The molecule has 0 saturated carbocycles. The highest BCUT2D eigenvalue weighted by atomic mass is 16.6. The molecule has 1 fully saturated rings. The first-order chi connectivity index (χ1) is 14.7. The predicted molar refractivity (Wildman–Crippen MR) is 113 cm³/mol. The number of nitrogens with zero attached hydrogens (tertiary/aromatic N) is 3. The van der Waals surface area contributed by atoms with E-state index in [-0.39, 0.29) is 11.8 Å². The molecule has 30 heavy (non-hydrogen) atoms. The Kier molecular flexibility index (Phi) is 6.49. The summed E-state index contributed by atoms with van der Waals surface area (Å²) in [6.45, 7) is 3.94. The first kappa shape index (κ1) is 20.2. The molecular formula is C23H28N4O3. The maximum atomic E-state index is 12.0. The second-order valence-electron chi connectivity index (χ2n) is 7.78. The zero-order valence-corrected chi connectivity index (χ0v) is 17.1. The van der Waals surface area contributed by atoms with Crippen LogP contribution in [-0.4, -0.2) is 53.4 Å². The van der Waals surface area contributed by atoms with E-state index in [1.807, 2.05) is 12.1 Å². The van der Waals surface area contributed by atoms with E-state index < -0.39 is 0 Å². The highest BCUT2D eigenvalue weighted by molar-refractivity contribution is 5.77. The Labute approximate surface area is 177 Å². The van der Waals surface area contributed by atoms with Crippen molar-refractivity contribution < 1.29 is 14.3 Å². The fraction of sp³-hybridized carbons (Fsp3) is 0.391. The summed E-state index contributed by atoms with van der Waals surface area (Å²) in [5.41, 5.74) is 7.85. The molecule has 0 spiro atoms. The fourth-order valence-corrected chi connectivity index (χ4v) is 3.91. The number of hydrogen-bond donors (Lipinski definition) is 1. The summed E-state index contributed by atoms with van der Waals surface area (Å²) in [5.74, 6) is 1.02. The van der Waals surface area contributed by atoms with Crippen LogP contribution in [0.5, 0.6) is 0 Å². The molecular weight excluding hydrogens is 380 g/mol. The Hall–Kier alpha value is -3.06. The van der Waals surface area contributed by atoms with E-state index in [2.05, 4.69) is 33.0 Å². The van der Waals surface area contributed by atoms with Crippen molar-refractivity contribution in [2.75, 3.05) is 32.7 Å². The molecule has 3 heterocycles. The third-order valence-electron chi connectivity index (χ3n) is 5.67. The van der Waals surface area contributed by atoms with Gasteiger partial charge in [-0.05, 0) is 36.5 Å². The van der Waals surface area contributed by atoms with Crippen LogP contribution in [0.3, 0.4) is 0 Å². The number of carbonyl (C=O) groups is 1. The molecule has 7 heteroatoms. The van der Waals surface area contributed by atoms with Crippen LogP contribution in [-0.2, 0) is 20.7 Å². The number of pyridine rings is 1. The molecule has 0 radical (unpaired) electrons. The fourth-order valence-electron chi connectivity index (χ4n) is 3.91. The van der Waals surface area contributed by atoms with E-state index in [1.165, 1.54) is 0 Å². The van der Waals surface area contributed by atoms with Crippen LogP contribution >= 0.6 is 0 Å². The minimum absolute atomic E-state index is 0.225. The molecule has 1 aromatic rings. The molecule has 0 aromatic carbocycles. The molecule has 1 aliphatic carbocycles. The van der Waals surface area contributed by atoms with Gasteiger partial charge in [0.25, 0.3) is 0 Å². The molecule has 0 unspecified atom stereocenters. The number of aromatic nitrogens is 1. The Morgan fingerprint density at radius 1 is 1.20 bits per heavy atom. The smallest absolute Gasteiger partial charge is 0.231 e. The lowest BCUT2D eigenvalue weighted by molar-refractivity contribution is -0.122. The van der Waals surface area contributed by atoms with E-state index in [4.69, 9.17) is 15.2 Å². The number of carbonyl (C=O) groups excluding carboxylic acids is 1. The minimum atomic E-state index is -0.266. The number of hydrogen-bond acceptors (Lipinski definition) is 6. The van der Waals surface area contributed by atoms with Gasteiger partial charge in [-0.1, -0.05) is 24.3 Å². The van der Waals surface area contributed by atoms with Crippen LogP contribution < -0.4 is 5.73 Å². The third kappa shape index (κ3) is 5.10. The first-order valence-electron chi connectivity index (χ1n) is 10.4. The van der Waals surface area contributed by atoms with Crippen LogP contribution in [0.25, 0.3) is 0 Å². The molecule has 4 rings (SSSR count). The lowest BCUT2D eigenvalue weighted by Crippen LogP contribution is -2.49. The zero-order valence-electron chi connectivity index (χ0n) is 17.1. The molecule has 2 N–H and O–H groups in total. The molecule has 1 amide bonds. The Morgan fingerprint density at radius 3 is 2.70 bits per heavy atom. The van der Waals surface area contributed by atoms with Crippen molar-refractivity contribution in [3.63, 3.8) is 0 Å². The van der Waals surface area contributed by atoms with Gasteiger partial charge in [-0.2, -0.15) is 0 Å². The van der Waals surface area contributed by atoms with Crippen molar-refractivity contribution in [2.45, 2.75) is 19.3 Å². The molecule has 7 nitrogen and oxygen atoms in total. The van der Waals surface area contributed by atoms with Gasteiger partial charge in [-0.25, -0.2) is 0 Å². The number of amides is 1. The maximum Gasteiger partial charge on any atom is 0.231 e. The minimum Gasteiger partial charge on any atom is -0.456 e. The highest BCUT2D eigenvalue weighted by Gasteiger charge is 2.26. The summed E-state index contributed by atoms with van der Waals surface area (Å²) in [6.07, 6.45) is 15.8. The lowest BCUT2D eigenvalue weighted by atomic mass is 9.99. The number of ether oxygens (including phenoxy) is 2. The van der Waals surface area contributed by atoms with Crippen molar-refractivity contribution in [3.8, 4) is 0 Å². The van der Waals surface area contributed by atoms with Crippen molar-refractivity contribution in [1.29, 1.82) is 0 Å². The van der Waals surface area contributed by atoms with Crippen molar-refractivity contribution in [1.82, 2.24) is 14.8 Å². The Bertz CT molecular complexity index is 868. The van der Waals surface area contributed by atoms with Crippen LogP contribution in [0, 0.1) is 5.92 Å². The van der Waals surface area contributed by atoms with Crippen LogP contribution in [0.1, 0.15) is 18.4 Å². The molecule has 1 saturated heterocycles. The molecule has 0 bridgehead atoms. The molecule has 3 aliphatic rings. The van der Waals surface area contributed by atoms with Gasteiger partial charge in [-0.3, -0.25) is 14.7 Å². The number of piperazine rings is 1. The normalized spacial score (nSPS) is 20.4. The van der Waals surface area contributed by atoms with E-state index >= 15 is 0 Å². The van der Waals surface area contributed by atoms with Crippen molar-refractivity contribution >= 4 is 5.91 Å². The van der Waals surface area contributed by atoms with Crippen molar-refractivity contribution in [2.24, 2.45) is 11.7 Å². The summed E-state index contributed by atoms with van der Waals surface area (Å²) in [5, 5.41) is 0. The van der Waals surface area contributed by atoms with Gasteiger partial charge in [0.05, 0.1) is 5.92 Å². The monoisotopic (exact) mass is 408 g/mol. The van der Waals surface area contributed by atoms with Crippen LogP contribution in [0.15, 0.2) is 72.5 Å². The van der Waals surface area contributed by atoms with E-state index in [0.717, 1.165) is 61.8 Å². The molecule has 1 atom stereocenters. The summed E-state index contributed by atoms with van der Waals surface area (Å²) >= 11 is 0. The first-order valence-corrected chi connectivity index (χ1v) is 10.4. The van der Waals surface area contributed by atoms with Crippen molar-refractivity contribution in [3.05, 3.63) is 78.1 Å². The topological polar surface area (TPSA) is 80.9 Å². The number of nitrogens with two attached hydrogens (primary N) is 1. The average molecular weight is 409 g/mol. The Morgan fingerprint density at radius 2 is 2.07 bits per heavy atom. The van der Waals surface area contributed by atoms with Gasteiger partial charge >= 0.3 is 0 Å². The van der Waals surface area contributed by atoms with Gasteiger partial charge in [-0.15, -0.1) is 0 Å². The van der Waals surface area contributed by atoms with Gasteiger partial charge in [0.1, 0.15) is 6.26 Å². The van der Waals surface area contributed by atoms with Gasteiger partial charge in [0.15, 0.2) is 12.0 Å². The van der Waals surface area contributed by atoms with E-state index in [1.54, 1.807) is 24.9 Å². The maximum absolute atomic E-state index is 12.0. The van der Waals surface area contributed by atoms with Crippen LogP contribution in [0.2, 0.25) is 0 Å². The molecule has 158 valence electrons. The van der Waals surface area contributed by atoms with Gasteiger partial charge in [0, 0.05) is 45.1 Å². The second kappa shape index (κ2) is 9.63. The standard InChI is InChI=1S/C23H28N4O3/c24-23(28)20(13-18-5-4-8-25-14-18)15-26-9-11-27(12-10-26)22-17-29-21(16-30-22)19-6-2-1-3-7-19/h1-2,4-6,8,14,16-17,20H,3,7,9-13,15H2,(H2,24,28)/t20-/m1/s1. The SMILES string of the molecule is NC(=O)[C@H](Cc1cccnc1)CN1CCN(C2=COC(C3=CC=CCC3)=CO2)CC1. The largest absolute Gasteiger partial charge is 0.456 e. The quantitative estimate of drug-likeness (QED) is 0.746. The molecule has 1 aromatic heterocycles. The number of primary amides is 1. The number of allylic oxidation sites excluding steroid dienone is 4. The summed E-state index contributed by atoms with van der Waals surface area (Å²) in [4.78, 5) is 20.5. The highest BCUT2D eigenvalue weighted by Crippen LogP contribution is 2.26.